The third-order valence-electron chi connectivity index (χ3n) is 4.94. The zero-order valence-corrected chi connectivity index (χ0v) is 18.2. The Kier molecular flexibility index (Phi) is 6.25. The van der Waals surface area contributed by atoms with Gasteiger partial charge in [-0.25, -0.2) is 14.5 Å². The van der Waals surface area contributed by atoms with Gasteiger partial charge in [-0.1, -0.05) is 35.0 Å². The molecule has 0 aliphatic rings. The van der Waals surface area contributed by atoms with Gasteiger partial charge in [-0.05, 0) is 43.7 Å². The standard InChI is InChI=1S/C23H22N6O4/c1-3-33-23(32)17-8-10-18(11-9-17)25-19(30)13-28-14-24-21-20(22(28)31)26-27-29(21)12-16-6-4-15(2)5-7-16/h4-11,14H,3,12-13H2,1-2H3,(H,25,30). The Hall–Kier alpha value is -4.34. The highest BCUT2D eigenvalue weighted by atomic mass is 16.5. The first kappa shape index (κ1) is 21.9. The molecule has 0 saturated heterocycles. The second-order valence-electron chi connectivity index (χ2n) is 7.43. The fourth-order valence-electron chi connectivity index (χ4n) is 3.23. The molecule has 10 heteroatoms. The van der Waals surface area contributed by atoms with E-state index in [1.165, 1.54) is 10.9 Å². The lowest BCUT2D eigenvalue weighted by Crippen LogP contribution is -2.28. The molecule has 2 aromatic heterocycles. The van der Waals surface area contributed by atoms with Gasteiger partial charge in [0, 0.05) is 5.69 Å². The number of fused-ring (bicyclic) bond motifs is 1. The summed E-state index contributed by atoms with van der Waals surface area (Å²) in [6.07, 6.45) is 1.31. The summed E-state index contributed by atoms with van der Waals surface area (Å²) in [5.41, 5.74) is 3.02. The van der Waals surface area contributed by atoms with Crippen LogP contribution in [-0.2, 0) is 22.6 Å². The number of rotatable bonds is 7. The number of anilines is 1. The molecule has 1 amide bonds. The van der Waals surface area contributed by atoms with E-state index in [0.717, 1.165) is 11.1 Å². The first-order chi connectivity index (χ1) is 15.9. The van der Waals surface area contributed by atoms with Crippen LogP contribution >= 0.6 is 0 Å². The maximum Gasteiger partial charge on any atom is 0.338 e. The average Bonchev–Trinajstić information content (AvgIpc) is 3.21. The molecule has 0 bridgehead atoms. The molecule has 1 N–H and O–H groups in total. The van der Waals surface area contributed by atoms with E-state index in [-0.39, 0.29) is 18.7 Å². The Morgan fingerprint density at radius 3 is 2.48 bits per heavy atom. The van der Waals surface area contributed by atoms with Crippen LogP contribution in [0.3, 0.4) is 0 Å². The van der Waals surface area contributed by atoms with E-state index in [0.29, 0.717) is 23.4 Å². The predicted octanol–water partition coefficient (Wildman–Crippen LogP) is 2.16. The van der Waals surface area contributed by atoms with Gasteiger partial charge in [-0.15, -0.1) is 5.10 Å². The summed E-state index contributed by atoms with van der Waals surface area (Å²) in [6, 6.07) is 14.2. The van der Waals surface area contributed by atoms with Gasteiger partial charge in [-0.3, -0.25) is 14.2 Å². The minimum absolute atomic E-state index is 0.0937. The van der Waals surface area contributed by atoms with Crippen LogP contribution in [-0.4, -0.2) is 43.0 Å². The van der Waals surface area contributed by atoms with Crippen molar-refractivity contribution in [3.63, 3.8) is 0 Å². The van der Waals surface area contributed by atoms with Crippen molar-refractivity contribution in [1.29, 1.82) is 0 Å². The van der Waals surface area contributed by atoms with Crippen LogP contribution in [0.1, 0.15) is 28.4 Å². The Morgan fingerprint density at radius 1 is 1.06 bits per heavy atom. The van der Waals surface area contributed by atoms with Crippen molar-refractivity contribution in [3.8, 4) is 0 Å². The summed E-state index contributed by atoms with van der Waals surface area (Å²) in [7, 11) is 0. The molecule has 33 heavy (non-hydrogen) atoms. The molecule has 0 unspecified atom stereocenters. The second-order valence-corrected chi connectivity index (χ2v) is 7.43. The molecule has 0 saturated carbocycles. The Labute approximate surface area is 188 Å². The first-order valence-corrected chi connectivity index (χ1v) is 10.4. The van der Waals surface area contributed by atoms with Crippen molar-refractivity contribution in [1.82, 2.24) is 24.5 Å². The van der Waals surface area contributed by atoms with Gasteiger partial charge in [0.2, 0.25) is 5.91 Å². The van der Waals surface area contributed by atoms with Crippen molar-refractivity contribution in [2.24, 2.45) is 0 Å². The van der Waals surface area contributed by atoms with Crippen molar-refractivity contribution < 1.29 is 14.3 Å². The van der Waals surface area contributed by atoms with Crippen molar-refractivity contribution in [3.05, 3.63) is 81.9 Å². The number of benzene rings is 2. The number of amides is 1. The lowest BCUT2D eigenvalue weighted by Gasteiger charge is -2.08. The van der Waals surface area contributed by atoms with Gasteiger partial charge in [0.25, 0.3) is 5.56 Å². The Morgan fingerprint density at radius 2 is 1.79 bits per heavy atom. The topological polar surface area (TPSA) is 121 Å². The molecule has 2 heterocycles. The average molecular weight is 446 g/mol. The zero-order valence-electron chi connectivity index (χ0n) is 18.2. The number of carbonyl (C=O) groups excluding carboxylic acids is 2. The first-order valence-electron chi connectivity index (χ1n) is 10.4. The fourth-order valence-corrected chi connectivity index (χ4v) is 3.23. The molecule has 2 aromatic carbocycles. The van der Waals surface area contributed by atoms with Gasteiger partial charge in [0.15, 0.2) is 11.2 Å². The summed E-state index contributed by atoms with van der Waals surface area (Å²) in [4.78, 5) is 41.2. The highest BCUT2D eigenvalue weighted by Gasteiger charge is 2.14. The summed E-state index contributed by atoms with van der Waals surface area (Å²) in [6.45, 7) is 4.20. The van der Waals surface area contributed by atoms with Gasteiger partial charge in [-0.2, -0.15) is 0 Å². The summed E-state index contributed by atoms with van der Waals surface area (Å²) < 4.78 is 7.66. The van der Waals surface area contributed by atoms with Crippen LogP contribution in [0.15, 0.2) is 59.7 Å². The largest absolute Gasteiger partial charge is 0.462 e. The Balaban J connectivity index is 1.46. The third kappa shape index (κ3) is 4.95. The minimum Gasteiger partial charge on any atom is -0.462 e. The quantitative estimate of drug-likeness (QED) is 0.432. The van der Waals surface area contributed by atoms with Crippen LogP contribution in [0.5, 0.6) is 0 Å². The van der Waals surface area contributed by atoms with Gasteiger partial charge in [0.05, 0.1) is 18.7 Å². The van der Waals surface area contributed by atoms with Crippen molar-refractivity contribution >= 4 is 28.7 Å². The van der Waals surface area contributed by atoms with Crippen molar-refractivity contribution in [2.75, 3.05) is 11.9 Å². The van der Waals surface area contributed by atoms with Crippen LogP contribution in [0, 0.1) is 6.92 Å². The number of nitrogens with zero attached hydrogens (tertiary/aromatic N) is 5. The smallest absolute Gasteiger partial charge is 0.338 e. The Bertz CT molecular complexity index is 1360. The van der Waals surface area contributed by atoms with Crippen LogP contribution in [0.25, 0.3) is 11.2 Å². The summed E-state index contributed by atoms with van der Waals surface area (Å²) in [5.74, 6) is -0.856. The molecular weight excluding hydrogens is 424 g/mol. The zero-order chi connectivity index (χ0) is 23.4. The van der Waals surface area contributed by atoms with E-state index in [2.05, 4.69) is 20.6 Å². The fraction of sp³-hybridized carbons (Fsp3) is 0.217. The van der Waals surface area contributed by atoms with E-state index in [1.807, 2.05) is 31.2 Å². The molecule has 0 spiro atoms. The molecule has 0 aliphatic heterocycles. The number of hydrogen-bond acceptors (Lipinski definition) is 7. The number of aryl methyl sites for hydroxylation is 1. The lowest BCUT2D eigenvalue weighted by atomic mass is 10.1. The van der Waals surface area contributed by atoms with E-state index in [4.69, 9.17) is 4.74 Å². The van der Waals surface area contributed by atoms with Crippen LogP contribution in [0.2, 0.25) is 0 Å². The summed E-state index contributed by atoms with van der Waals surface area (Å²) >= 11 is 0. The van der Waals surface area contributed by atoms with E-state index < -0.39 is 17.4 Å². The number of esters is 1. The van der Waals surface area contributed by atoms with Crippen LogP contribution < -0.4 is 10.9 Å². The monoisotopic (exact) mass is 446 g/mol. The molecule has 0 fully saturated rings. The second kappa shape index (κ2) is 9.43. The molecule has 4 rings (SSSR count). The number of nitrogens with one attached hydrogen (secondary N) is 1. The highest BCUT2D eigenvalue weighted by Crippen LogP contribution is 2.11. The molecule has 0 aliphatic carbocycles. The molecular formula is C23H22N6O4. The number of ether oxygens (including phenoxy) is 1. The molecule has 0 radical (unpaired) electrons. The normalized spacial score (nSPS) is 10.8. The van der Waals surface area contributed by atoms with E-state index >= 15 is 0 Å². The number of carbonyl (C=O) groups is 2. The molecule has 4 aromatic rings. The predicted molar refractivity (Wildman–Crippen MR) is 121 cm³/mol. The molecule has 0 atom stereocenters. The summed E-state index contributed by atoms with van der Waals surface area (Å²) in [5, 5.41) is 10.7. The maximum atomic E-state index is 12.8. The third-order valence-corrected chi connectivity index (χ3v) is 4.94. The molecule has 168 valence electrons. The minimum atomic E-state index is -0.456. The highest BCUT2D eigenvalue weighted by molar-refractivity contribution is 5.93. The lowest BCUT2D eigenvalue weighted by molar-refractivity contribution is -0.116. The van der Waals surface area contributed by atoms with E-state index in [9.17, 15) is 14.4 Å². The maximum absolute atomic E-state index is 12.8. The van der Waals surface area contributed by atoms with Crippen molar-refractivity contribution in [2.45, 2.75) is 26.9 Å². The number of aromatic nitrogens is 5. The van der Waals surface area contributed by atoms with Gasteiger partial charge < -0.3 is 10.1 Å². The molecule has 10 nitrogen and oxygen atoms in total. The van der Waals surface area contributed by atoms with Crippen LogP contribution in [0.4, 0.5) is 5.69 Å². The van der Waals surface area contributed by atoms with Gasteiger partial charge in [0.1, 0.15) is 12.9 Å². The van der Waals surface area contributed by atoms with Gasteiger partial charge >= 0.3 is 5.97 Å². The SMILES string of the molecule is CCOC(=O)c1ccc(NC(=O)Cn2cnc3c(nnn3Cc3ccc(C)cc3)c2=O)cc1. The number of hydrogen-bond donors (Lipinski definition) is 1. The van der Waals surface area contributed by atoms with E-state index in [1.54, 1.807) is 35.9 Å².